The SMILES string of the molecule is O=C1CCC(NC(=O)c2ccc(=O)[nH]c2)C(=O)N1. The molecule has 7 heteroatoms. The minimum Gasteiger partial charge on any atom is -0.340 e. The Labute approximate surface area is 102 Å². The van der Waals surface area contributed by atoms with Gasteiger partial charge in [-0.2, -0.15) is 0 Å². The van der Waals surface area contributed by atoms with Crippen LogP contribution in [0.2, 0.25) is 0 Å². The second-order valence-electron chi connectivity index (χ2n) is 3.92. The van der Waals surface area contributed by atoms with Crippen LogP contribution in [0.5, 0.6) is 0 Å². The number of nitrogens with one attached hydrogen (secondary N) is 3. The summed E-state index contributed by atoms with van der Waals surface area (Å²) in [6.07, 6.45) is 1.74. The van der Waals surface area contributed by atoms with E-state index in [-0.39, 0.29) is 29.9 Å². The fraction of sp³-hybridized carbons (Fsp3) is 0.273. The van der Waals surface area contributed by atoms with Crippen LogP contribution in [-0.4, -0.2) is 28.7 Å². The second-order valence-corrected chi connectivity index (χ2v) is 3.92. The van der Waals surface area contributed by atoms with Crippen LogP contribution < -0.4 is 16.2 Å². The highest BCUT2D eigenvalue weighted by molar-refractivity contribution is 6.03. The van der Waals surface area contributed by atoms with Crippen molar-refractivity contribution in [3.05, 3.63) is 34.2 Å². The molecule has 0 aromatic carbocycles. The minimum atomic E-state index is -0.720. The van der Waals surface area contributed by atoms with Crippen LogP contribution in [-0.2, 0) is 9.59 Å². The molecule has 0 bridgehead atoms. The molecule has 0 aliphatic carbocycles. The number of amides is 3. The highest BCUT2D eigenvalue weighted by Gasteiger charge is 2.27. The monoisotopic (exact) mass is 249 g/mol. The quantitative estimate of drug-likeness (QED) is 0.579. The van der Waals surface area contributed by atoms with Gasteiger partial charge in [0.05, 0.1) is 5.56 Å². The van der Waals surface area contributed by atoms with Crippen LogP contribution in [0.25, 0.3) is 0 Å². The Hall–Kier alpha value is -2.44. The number of piperidine rings is 1. The lowest BCUT2D eigenvalue weighted by Crippen LogP contribution is -2.52. The van der Waals surface area contributed by atoms with Gasteiger partial charge in [0.25, 0.3) is 5.91 Å². The Bertz CT molecular complexity index is 543. The van der Waals surface area contributed by atoms with Crippen molar-refractivity contribution in [1.82, 2.24) is 15.6 Å². The third-order valence-corrected chi connectivity index (χ3v) is 2.59. The predicted molar refractivity (Wildman–Crippen MR) is 60.7 cm³/mol. The third-order valence-electron chi connectivity index (χ3n) is 2.59. The molecule has 18 heavy (non-hydrogen) atoms. The zero-order valence-electron chi connectivity index (χ0n) is 9.36. The van der Waals surface area contributed by atoms with E-state index in [0.717, 1.165) is 0 Å². The van der Waals surface area contributed by atoms with Gasteiger partial charge >= 0.3 is 0 Å². The molecule has 0 spiro atoms. The van der Waals surface area contributed by atoms with E-state index in [2.05, 4.69) is 15.6 Å². The summed E-state index contributed by atoms with van der Waals surface area (Å²) in [6, 6.07) is 1.86. The maximum atomic E-state index is 11.8. The van der Waals surface area contributed by atoms with Crippen molar-refractivity contribution in [3.8, 4) is 0 Å². The molecule has 1 aliphatic rings. The zero-order chi connectivity index (χ0) is 13.1. The maximum Gasteiger partial charge on any atom is 0.253 e. The number of pyridine rings is 1. The summed E-state index contributed by atoms with van der Waals surface area (Å²) in [6.45, 7) is 0. The molecule has 94 valence electrons. The first-order valence-electron chi connectivity index (χ1n) is 5.39. The lowest BCUT2D eigenvalue weighted by Gasteiger charge is -2.21. The first kappa shape index (κ1) is 12.0. The molecular weight excluding hydrogens is 238 g/mol. The Morgan fingerprint density at radius 1 is 1.28 bits per heavy atom. The molecule has 1 aromatic heterocycles. The smallest absolute Gasteiger partial charge is 0.253 e. The molecule has 3 N–H and O–H groups in total. The number of hydrogen-bond donors (Lipinski definition) is 3. The van der Waals surface area contributed by atoms with Gasteiger partial charge in [0.2, 0.25) is 17.4 Å². The third kappa shape index (κ3) is 2.62. The Balaban J connectivity index is 2.03. The van der Waals surface area contributed by atoms with Gasteiger partial charge in [-0.1, -0.05) is 0 Å². The van der Waals surface area contributed by atoms with E-state index in [4.69, 9.17) is 0 Å². The fourth-order valence-corrected chi connectivity index (χ4v) is 1.62. The lowest BCUT2D eigenvalue weighted by molar-refractivity contribution is -0.134. The van der Waals surface area contributed by atoms with Crippen LogP contribution in [0.1, 0.15) is 23.2 Å². The van der Waals surface area contributed by atoms with Crippen molar-refractivity contribution >= 4 is 17.7 Å². The Morgan fingerprint density at radius 2 is 2.06 bits per heavy atom. The number of aromatic nitrogens is 1. The van der Waals surface area contributed by atoms with E-state index in [1.807, 2.05) is 0 Å². The van der Waals surface area contributed by atoms with Crippen LogP contribution in [0, 0.1) is 0 Å². The van der Waals surface area contributed by atoms with Gasteiger partial charge in [0.15, 0.2) is 0 Å². The summed E-state index contributed by atoms with van der Waals surface area (Å²) in [5.74, 6) is -1.32. The topological polar surface area (TPSA) is 108 Å². The van der Waals surface area contributed by atoms with E-state index in [1.165, 1.54) is 18.3 Å². The fourth-order valence-electron chi connectivity index (χ4n) is 1.62. The van der Waals surface area contributed by atoms with E-state index < -0.39 is 17.9 Å². The summed E-state index contributed by atoms with van der Waals surface area (Å²) in [5.41, 5.74) is -0.0631. The van der Waals surface area contributed by atoms with Crippen molar-refractivity contribution in [3.63, 3.8) is 0 Å². The van der Waals surface area contributed by atoms with E-state index in [1.54, 1.807) is 0 Å². The second kappa shape index (κ2) is 4.82. The molecule has 2 heterocycles. The number of carbonyl (C=O) groups is 3. The first-order chi connectivity index (χ1) is 8.56. The minimum absolute atomic E-state index is 0.197. The molecule has 0 radical (unpaired) electrons. The molecule has 3 amide bonds. The molecule has 1 aliphatic heterocycles. The van der Waals surface area contributed by atoms with Gasteiger partial charge < -0.3 is 10.3 Å². The van der Waals surface area contributed by atoms with Crippen molar-refractivity contribution in [2.75, 3.05) is 0 Å². The van der Waals surface area contributed by atoms with Gasteiger partial charge in [-0.05, 0) is 12.5 Å². The van der Waals surface area contributed by atoms with Crippen LogP contribution in [0.15, 0.2) is 23.1 Å². The van der Waals surface area contributed by atoms with E-state index in [9.17, 15) is 19.2 Å². The van der Waals surface area contributed by atoms with Crippen LogP contribution >= 0.6 is 0 Å². The molecular formula is C11H11N3O4. The van der Waals surface area contributed by atoms with Crippen molar-refractivity contribution in [2.24, 2.45) is 0 Å². The highest BCUT2D eigenvalue weighted by atomic mass is 16.2. The number of hydrogen-bond acceptors (Lipinski definition) is 4. The van der Waals surface area contributed by atoms with Crippen molar-refractivity contribution < 1.29 is 14.4 Å². The number of aromatic amines is 1. The summed E-state index contributed by atoms with van der Waals surface area (Å²) in [4.78, 5) is 47.3. The van der Waals surface area contributed by atoms with Gasteiger partial charge in [0, 0.05) is 18.7 Å². The van der Waals surface area contributed by atoms with Gasteiger partial charge in [-0.25, -0.2) is 0 Å². The Morgan fingerprint density at radius 3 is 2.67 bits per heavy atom. The normalized spacial score (nSPS) is 19.2. The van der Waals surface area contributed by atoms with E-state index in [0.29, 0.717) is 0 Å². The number of H-pyrrole nitrogens is 1. The average Bonchev–Trinajstić information content (AvgIpc) is 2.33. The van der Waals surface area contributed by atoms with Crippen molar-refractivity contribution in [2.45, 2.75) is 18.9 Å². The standard InChI is InChI=1S/C11H11N3O4/c15-8-3-1-6(5-12-8)10(17)13-7-2-4-9(16)14-11(7)18/h1,3,5,7H,2,4H2,(H,12,15)(H,13,17)(H,14,16,18). The molecule has 7 nitrogen and oxygen atoms in total. The molecule has 1 saturated heterocycles. The Kier molecular flexibility index (Phi) is 3.22. The largest absolute Gasteiger partial charge is 0.340 e. The highest BCUT2D eigenvalue weighted by Crippen LogP contribution is 2.05. The average molecular weight is 249 g/mol. The van der Waals surface area contributed by atoms with Gasteiger partial charge in [-0.15, -0.1) is 0 Å². The van der Waals surface area contributed by atoms with Crippen molar-refractivity contribution in [1.29, 1.82) is 0 Å². The summed E-state index contributed by atoms with van der Waals surface area (Å²) >= 11 is 0. The number of carbonyl (C=O) groups excluding carboxylic acids is 3. The van der Waals surface area contributed by atoms with Gasteiger partial charge in [0.1, 0.15) is 6.04 Å². The zero-order valence-corrected chi connectivity index (χ0v) is 9.36. The van der Waals surface area contributed by atoms with Crippen LogP contribution in [0.4, 0.5) is 0 Å². The number of imide groups is 1. The predicted octanol–water partition coefficient (Wildman–Crippen LogP) is -1.09. The first-order valence-corrected chi connectivity index (χ1v) is 5.39. The molecule has 2 rings (SSSR count). The molecule has 1 aromatic rings. The maximum absolute atomic E-state index is 11.8. The molecule has 1 fully saturated rings. The van der Waals surface area contributed by atoms with Gasteiger partial charge in [-0.3, -0.25) is 24.5 Å². The molecule has 1 unspecified atom stereocenters. The summed E-state index contributed by atoms with van der Waals surface area (Å²) in [5, 5.41) is 4.64. The summed E-state index contributed by atoms with van der Waals surface area (Å²) < 4.78 is 0. The molecule has 1 atom stereocenters. The summed E-state index contributed by atoms with van der Waals surface area (Å²) in [7, 11) is 0. The lowest BCUT2D eigenvalue weighted by atomic mass is 10.1. The van der Waals surface area contributed by atoms with E-state index >= 15 is 0 Å². The number of rotatable bonds is 2. The van der Waals surface area contributed by atoms with Crippen LogP contribution in [0.3, 0.4) is 0 Å². The molecule has 0 saturated carbocycles.